The van der Waals surface area contributed by atoms with Crippen molar-refractivity contribution in [1.82, 2.24) is 20.1 Å². The van der Waals surface area contributed by atoms with Crippen LogP contribution in [0.1, 0.15) is 30.8 Å². The third-order valence-electron chi connectivity index (χ3n) is 3.70. The molecular weight excluding hydrogens is 321 g/mol. The maximum atomic E-state index is 12.9. The number of hydrogen-bond donors (Lipinski definition) is 1. The summed E-state index contributed by atoms with van der Waals surface area (Å²) in [5, 5.41) is 7.23. The summed E-state index contributed by atoms with van der Waals surface area (Å²) in [4.78, 5) is 13.1. The molecule has 0 fully saturated rings. The summed E-state index contributed by atoms with van der Waals surface area (Å²) in [6.45, 7) is 4.70. The van der Waals surface area contributed by atoms with Gasteiger partial charge in [-0.1, -0.05) is 12.1 Å². The lowest BCUT2D eigenvalue weighted by Gasteiger charge is -2.07. The molecule has 0 unspecified atom stereocenters. The lowest BCUT2D eigenvalue weighted by molar-refractivity contribution is 0.377. The molecule has 1 aromatic carbocycles. The van der Waals surface area contributed by atoms with Gasteiger partial charge in [-0.3, -0.25) is 0 Å². The molecule has 0 spiro atoms. The van der Waals surface area contributed by atoms with Crippen molar-refractivity contribution in [3.8, 4) is 11.4 Å². The average molecular weight is 341 g/mol. The molecular formula is C18H20FN5O. The number of benzene rings is 1. The maximum Gasteiger partial charge on any atom is 0.227 e. The molecule has 3 aromatic rings. The number of hydrogen-bond acceptors (Lipinski definition) is 6. The fraction of sp³-hybridized carbons (Fsp3) is 0.333. The molecule has 0 saturated carbocycles. The Kier molecular flexibility index (Phi) is 5.33. The van der Waals surface area contributed by atoms with E-state index in [2.05, 4.69) is 32.3 Å². The first-order chi connectivity index (χ1) is 12.1. The Morgan fingerprint density at radius 2 is 1.92 bits per heavy atom. The average Bonchev–Trinajstić information content (AvgIpc) is 3.08. The minimum Gasteiger partial charge on any atom is -0.370 e. The van der Waals surface area contributed by atoms with Gasteiger partial charge in [0.2, 0.25) is 11.7 Å². The molecule has 2 heterocycles. The Balaban J connectivity index is 1.51. The van der Waals surface area contributed by atoms with E-state index in [1.165, 1.54) is 12.1 Å². The highest BCUT2D eigenvalue weighted by Gasteiger charge is 2.08. The van der Waals surface area contributed by atoms with E-state index in [9.17, 15) is 4.39 Å². The van der Waals surface area contributed by atoms with Gasteiger partial charge >= 0.3 is 0 Å². The van der Waals surface area contributed by atoms with Gasteiger partial charge < -0.3 is 9.84 Å². The zero-order valence-corrected chi connectivity index (χ0v) is 14.3. The Morgan fingerprint density at radius 1 is 1.12 bits per heavy atom. The van der Waals surface area contributed by atoms with Gasteiger partial charge in [0.15, 0.2) is 0 Å². The highest BCUT2D eigenvalue weighted by atomic mass is 19.1. The molecule has 0 atom stereocenters. The highest BCUT2D eigenvalue weighted by molar-refractivity contribution is 5.53. The van der Waals surface area contributed by atoms with Crippen molar-refractivity contribution in [3.05, 3.63) is 53.6 Å². The number of aryl methyl sites for hydroxylation is 3. The van der Waals surface area contributed by atoms with Crippen LogP contribution in [0.4, 0.5) is 10.2 Å². The molecule has 7 heteroatoms. The molecule has 2 aromatic heterocycles. The van der Waals surface area contributed by atoms with Crippen LogP contribution in [0, 0.1) is 12.7 Å². The van der Waals surface area contributed by atoms with Crippen molar-refractivity contribution in [1.29, 1.82) is 0 Å². The fourth-order valence-electron chi connectivity index (χ4n) is 2.43. The lowest BCUT2D eigenvalue weighted by atomic mass is 10.2. The van der Waals surface area contributed by atoms with Crippen molar-refractivity contribution >= 4 is 5.82 Å². The SMILES string of the molecule is CCc1cc(NCCCc2nc(-c3ccc(F)cc3)no2)nc(C)n1. The minimum atomic E-state index is -0.287. The quantitative estimate of drug-likeness (QED) is 0.662. The molecule has 0 saturated heterocycles. The van der Waals surface area contributed by atoms with Crippen LogP contribution in [-0.2, 0) is 12.8 Å². The Morgan fingerprint density at radius 3 is 2.68 bits per heavy atom. The van der Waals surface area contributed by atoms with Crippen LogP contribution < -0.4 is 5.32 Å². The normalized spacial score (nSPS) is 10.8. The smallest absolute Gasteiger partial charge is 0.227 e. The van der Waals surface area contributed by atoms with Crippen molar-refractivity contribution in [3.63, 3.8) is 0 Å². The van der Waals surface area contributed by atoms with Gasteiger partial charge in [0, 0.05) is 30.3 Å². The Labute approximate surface area is 145 Å². The zero-order chi connectivity index (χ0) is 17.6. The first-order valence-electron chi connectivity index (χ1n) is 8.31. The van der Waals surface area contributed by atoms with Gasteiger partial charge in [0.1, 0.15) is 17.5 Å². The molecule has 0 bridgehead atoms. The van der Waals surface area contributed by atoms with Crippen molar-refractivity contribution < 1.29 is 8.91 Å². The van der Waals surface area contributed by atoms with Gasteiger partial charge in [0.25, 0.3) is 0 Å². The first-order valence-corrected chi connectivity index (χ1v) is 8.31. The summed E-state index contributed by atoms with van der Waals surface area (Å²) in [5.41, 5.74) is 1.76. The van der Waals surface area contributed by atoms with E-state index in [0.717, 1.165) is 42.3 Å². The number of aromatic nitrogens is 4. The Hall–Kier alpha value is -2.83. The topological polar surface area (TPSA) is 76.7 Å². The summed E-state index contributed by atoms with van der Waals surface area (Å²) < 4.78 is 18.2. The van der Waals surface area contributed by atoms with Crippen LogP contribution in [0.25, 0.3) is 11.4 Å². The third kappa shape index (κ3) is 4.59. The maximum absolute atomic E-state index is 12.9. The van der Waals surface area contributed by atoms with Crippen LogP contribution >= 0.6 is 0 Å². The molecule has 0 aliphatic heterocycles. The van der Waals surface area contributed by atoms with Gasteiger partial charge in [-0.2, -0.15) is 4.98 Å². The van der Waals surface area contributed by atoms with E-state index in [0.29, 0.717) is 18.1 Å². The van der Waals surface area contributed by atoms with Crippen molar-refractivity contribution in [2.75, 3.05) is 11.9 Å². The van der Waals surface area contributed by atoms with Crippen LogP contribution in [0.5, 0.6) is 0 Å². The molecule has 0 radical (unpaired) electrons. The summed E-state index contributed by atoms with van der Waals surface area (Å²) in [6.07, 6.45) is 2.37. The van der Waals surface area contributed by atoms with E-state index >= 15 is 0 Å². The number of halogens is 1. The predicted octanol–water partition coefficient (Wildman–Crippen LogP) is 3.58. The monoisotopic (exact) mass is 341 g/mol. The van der Waals surface area contributed by atoms with Crippen LogP contribution in [0.2, 0.25) is 0 Å². The summed E-state index contributed by atoms with van der Waals surface area (Å²) in [5.74, 6) is 2.35. The second kappa shape index (κ2) is 7.83. The van der Waals surface area contributed by atoms with E-state index < -0.39 is 0 Å². The highest BCUT2D eigenvalue weighted by Crippen LogP contribution is 2.16. The van der Waals surface area contributed by atoms with Crippen LogP contribution in [-0.4, -0.2) is 26.7 Å². The van der Waals surface area contributed by atoms with Crippen molar-refractivity contribution in [2.24, 2.45) is 0 Å². The molecule has 0 amide bonds. The minimum absolute atomic E-state index is 0.287. The third-order valence-corrected chi connectivity index (χ3v) is 3.70. The first kappa shape index (κ1) is 17.0. The van der Waals surface area contributed by atoms with Crippen molar-refractivity contribution in [2.45, 2.75) is 33.1 Å². The van der Waals surface area contributed by atoms with Gasteiger partial charge in [-0.25, -0.2) is 14.4 Å². The van der Waals surface area contributed by atoms with E-state index in [-0.39, 0.29) is 5.82 Å². The fourth-order valence-corrected chi connectivity index (χ4v) is 2.43. The standard InChI is InChI=1S/C18H20FN5O/c1-3-15-11-16(22-12(2)21-15)20-10-4-5-17-23-18(24-25-17)13-6-8-14(19)9-7-13/h6-9,11H,3-5,10H2,1-2H3,(H,20,21,22). The summed E-state index contributed by atoms with van der Waals surface area (Å²) in [6, 6.07) is 7.99. The van der Waals surface area contributed by atoms with Gasteiger partial charge in [0.05, 0.1) is 0 Å². The second-order valence-electron chi connectivity index (χ2n) is 5.69. The predicted molar refractivity (Wildman–Crippen MR) is 92.6 cm³/mol. The molecule has 1 N–H and O–H groups in total. The summed E-state index contributed by atoms with van der Waals surface area (Å²) >= 11 is 0. The number of nitrogens with zero attached hydrogens (tertiary/aromatic N) is 4. The number of rotatable bonds is 7. The van der Waals surface area contributed by atoms with Crippen LogP contribution in [0.15, 0.2) is 34.9 Å². The van der Waals surface area contributed by atoms with E-state index in [1.807, 2.05) is 13.0 Å². The molecule has 3 rings (SSSR count). The largest absolute Gasteiger partial charge is 0.370 e. The lowest BCUT2D eigenvalue weighted by Crippen LogP contribution is -2.07. The molecule has 130 valence electrons. The molecule has 25 heavy (non-hydrogen) atoms. The number of nitrogens with one attached hydrogen (secondary N) is 1. The molecule has 6 nitrogen and oxygen atoms in total. The van der Waals surface area contributed by atoms with Crippen LogP contribution in [0.3, 0.4) is 0 Å². The molecule has 0 aliphatic carbocycles. The van der Waals surface area contributed by atoms with Gasteiger partial charge in [-0.15, -0.1) is 0 Å². The van der Waals surface area contributed by atoms with Gasteiger partial charge in [-0.05, 0) is 44.0 Å². The zero-order valence-electron chi connectivity index (χ0n) is 14.3. The second-order valence-corrected chi connectivity index (χ2v) is 5.69. The summed E-state index contributed by atoms with van der Waals surface area (Å²) in [7, 11) is 0. The van der Waals surface area contributed by atoms with E-state index in [1.54, 1.807) is 12.1 Å². The van der Waals surface area contributed by atoms with E-state index in [4.69, 9.17) is 4.52 Å². The molecule has 0 aliphatic rings. The Bertz CT molecular complexity index is 832. The number of anilines is 1.